The molecule has 0 N–H and O–H groups in total. The van der Waals surface area contributed by atoms with E-state index in [4.69, 9.17) is 9.47 Å². The number of hydrogen-bond donors (Lipinski definition) is 0. The van der Waals surface area contributed by atoms with Gasteiger partial charge >= 0.3 is 11.9 Å². The summed E-state index contributed by atoms with van der Waals surface area (Å²) in [6.07, 6.45) is 4.71. The second-order valence-corrected chi connectivity index (χ2v) is 9.18. The lowest BCUT2D eigenvalue weighted by Crippen LogP contribution is -2.38. The highest BCUT2D eigenvalue weighted by Crippen LogP contribution is 2.37. The third kappa shape index (κ3) is 5.71. The Morgan fingerprint density at radius 1 is 1.22 bits per heavy atom. The van der Waals surface area contributed by atoms with Crippen LogP contribution in [-0.2, 0) is 14.3 Å². The van der Waals surface area contributed by atoms with E-state index in [-0.39, 0.29) is 11.9 Å². The van der Waals surface area contributed by atoms with Crippen molar-refractivity contribution in [3.05, 3.63) is 16.5 Å². The Bertz CT molecular complexity index is 654. The Morgan fingerprint density at radius 2 is 1.85 bits per heavy atom. The first-order chi connectivity index (χ1) is 12.7. The number of ether oxygens (including phenoxy) is 2. The fourth-order valence-corrected chi connectivity index (χ4v) is 5.05. The Morgan fingerprint density at radius 3 is 2.37 bits per heavy atom. The van der Waals surface area contributed by atoms with Crippen LogP contribution in [0.4, 0.5) is 5.00 Å². The highest BCUT2D eigenvalue weighted by molar-refractivity contribution is 7.14. The van der Waals surface area contributed by atoms with Gasteiger partial charge in [0.2, 0.25) is 0 Å². The maximum absolute atomic E-state index is 12.1. The van der Waals surface area contributed by atoms with E-state index in [2.05, 4.69) is 11.8 Å². The van der Waals surface area contributed by atoms with Crippen molar-refractivity contribution in [2.45, 2.75) is 78.4 Å². The summed E-state index contributed by atoms with van der Waals surface area (Å²) in [6, 6.07) is 0.452. The fraction of sp³-hybridized carbons (Fsp3) is 0.714. The summed E-state index contributed by atoms with van der Waals surface area (Å²) in [4.78, 5) is 26.4. The van der Waals surface area contributed by atoms with Crippen LogP contribution < -0.4 is 4.90 Å². The fourth-order valence-electron chi connectivity index (χ4n) is 3.85. The van der Waals surface area contributed by atoms with Crippen molar-refractivity contribution >= 4 is 28.3 Å². The predicted octanol–water partition coefficient (Wildman–Crippen LogP) is 4.96. The molecule has 1 aliphatic rings. The topological polar surface area (TPSA) is 55.8 Å². The van der Waals surface area contributed by atoms with Crippen LogP contribution in [-0.4, -0.2) is 37.2 Å². The van der Waals surface area contributed by atoms with Crippen LogP contribution in [0.5, 0.6) is 0 Å². The first-order valence-corrected chi connectivity index (χ1v) is 10.7. The van der Waals surface area contributed by atoms with Crippen molar-refractivity contribution in [1.29, 1.82) is 0 Å². The van der Waals surface area contributed by atoms with Gasteiger partial charge in [0.05, 0.1) is 17.7 Å². The summed E-state index contributed by atoms with van der Waals surface area (Å²) < 4.78 is 10.3. The third-order valence-electron chi connectivity index (χ3n) is 5.15. The quantitative estimate of drug-likeness (QED) is 0.637. The van der Waals surface area contributed by atoms with Gasteiger partial charge in [-0.15, -0.1) is 11.3 Å². The summed E-state index contributed by atoms with van der Waals surface area (Å²) in [6.45, 7) is 10.8. The molecule has 27 heavy (non-hydrogen) atoms. The van der Waals surface area contributed by atoms with Gasteiger partial charge in [0.1, 0.15) is 5.60 Å². The molecule has 0 bridgehead atoms. The van der Waals surface area contributed by atoms with Crippen LogP contribution in [0.3, 0.4) is 0 Å². The number of carbonyl (C=O) groups is 2. The van der Waals surface area contributed by atoms with Crippen LogP contribution in [0, 0.1) is 12.8 Å². The van der Waals surface area contributed by atoms with E-state index in [1.165, 1.54) is 7.11 Å². The number of thiophene rings is 1. The maximum atomic E-state index is 12.1. The molecule has 1 aliphatic carbocycles. The molecule has 5 nitrogen and oxygen atoms in total. The zero-order chi connectivity index (χ0) is 20.2. The molecule has 2 rings (SSSR count). The molecule has 1 fully saturated rings. The molecule has 0 saturated heterocycles. The molecule has 0 aliphatic heterocycles. The van der Waals surface area contributed by atoms with Gasteiger partial charge in [-0.25, -0.2) is 4.79 Å². The molecule has 0 unspecified atom stereocenters. The van der Waals surface area contributed by atoms with E-state index in [0.29, 0.717) is 23.9 Å². The van der Waals surface area contributed by atoms with Gasteiger partial charge in [0, 0.05) is 24.4 Å². The molecule has 0 aromatic carbocycles. The predicted molar refractivity (Wildman–Crippen MR) is 110 cm³/mol. The van der Waals surface area contributed by atoms with Crippen molar-refractivity contribution in [2.24, 2.45) is 5.92 Å². The lowest BCUT2D eigenvalue weighted by molar-refractivity contribution is -0.156. The number of nitrogens with zero attached hydrogens (tertiary/aromatic N) is 1. The molecule has 1 aromatic rings. The van der Waals surface area contributed by atoms with Crippen molar-refractivity contribution in [3.8, 4) is 0 Å². The normalized spacial score (nSPS) is 20.2. The molecule has 152 valence electrons. The SMILES string of the molecule is CCN(c1scc(C(=O)OC)c1C)C1CCC(CC(=O)OC(C)(C)C)CC1. The maximum Gasteiger partial charge on any atom is 0.339 e. The van der Waals surface area contributed by atoms with Crippen LogP contribution in [0.2, 0.25) is 0 Å². The molecular weight excluding hydrogens is 362 g/mol. The van der Waals surface area contributed by atoms with E-state index >= 15 is 0 Å². The summed E-state index contributed by atoms with van der Waals surface area (Å²) in [5.74, 6) is 0.0482. The van der Waals surface area contributed by atoms with Gasteiger partial charge in [-0.1, -0.05) is 0 Å². The van der Waals surface area contributed by atoms with Crippen LogP contribution in [0.15, 0.2) is 5.38 Å². The number of methoxy groups -OCH3 is 1. The zero-order valence-corrected chi connectivity index (χ0v) is 18.3. The van der Waals surface area contributed by atoms with Gasteiger partial charge in [-0.3, -0.25) is 4.79 Å². The van der Waals surface area contributed by atoms with E-state index < -0.39 is 5.60 Å². The molecule has 6 heteroatoms. The molecule has 0 amide bonds. The first kappa shape index (κ1) is 21.7. The Labute approximate surface area is 167 Å². The standard InChI is InChI=1S/C21H33NO4S/c1-7-22(19-14(2)17(13-27-19)20(24)25-6)16-10-8-15(9-11-16)12-18(23)26-21(3,4)5/h13,15-16H,7-12H2,1-6H3. The van der Waals surface area contributed by atoms with Gasteiger partial charge in [0.25, 0.3) is 0 Å². The van der Waals surface area contributed by atoms with E-state index in [9.17, 15) is 9.59 Å². The molecule has 0 spiro atoms. The summed E-state index contributed by atoms with van der Waals surface area (Å²) in [7, 11) is 1.42. The van der Waals surface area contributed by atoms with Gasteiger partial charge in [0.15, 0.2) is 0 Å². The number of anilines is 1. The second-order valence-electron chi connectivity index (χ2n) is 8.32. The smallest absolute Gasteiger partial charge is 0.339 e. The minimum Gasteiger partial charge on any atom is -0.465 e. The van der Waals surface area contributed by atoms with Crippen LogP contribution in [0.1, 0.15) is 75.7 Å². The molecular formula is C21H33NO4S. The number of carbonyl (C=O) groups excluding carboxylic acids is 2. The zero-order valence-electron chi connectivity index (χ0n) is 17.5. The Balaban J connectivity index is 1.97. The van der Waals surface area contributed by atoms with Gasteiger partial charge in [-0.05, 0) is 71.8 Å². The number of hydrogen-bond acceptors (Lipinski definition) is 6. The lowest BCUT2D eigenvalue weighted by atomic mass is 9.83. The highest BCUT2D eigenvalue weighted by atomic mass is 32.1. The third-order valence-corrected chi connectivity index (χ3v) is 6.27. The minimum atomic E-state index is -0.415. The van der Waals surface area contributed by atoms with Crippen LogP contribution >= 0.6 is 11.3 Å². The van der Waals surface area contributed by atoms with E-state index in [1.54, 1.807) is 11.3 Å². The lowest BCUT2D eigenvalue weighted by Gasteiger charge is -2.37. The molecule has 1 saturated carbocycles. The van der Waals surface area contributed by atoms with Crippen molar-refractivity contribution in [2.75, 3.05) is 18.6 Å². The average Bonchev–Trinajstić information content (AvgIpc) is 2.96. The Hall–Kier alpha value is -1.56. The van der Waals surface area contributed by atoms with E-state index in [0.717, 1.165) is 42.8 Å². The number of esters is 2. The highest BCUT2D eigenvalue weighted by Gasteiger charge is 2.30. The summed E-state index contributed by atoms with van der Waals surface area (Å²) in [5, 5.41) is 3.06. The van der Waals surface area contributed by atoms with Crippen molar-refractivity contribution in [1.82, 2.24) is 0 Å². The van der Waals surface area contributed by atoms with Crippen LogP contribution in [0.25, 0.3) is 0 Å². The van der Waals surface area contributed by atoms with Crippen molar-refractivity contribution in [3.63, 3.8) is 0 Å². The van der Waals surface area contributed by atoms with Crippen molar-refractivity contribution < 1.29 is 19.1 Å². The monoisotopic (exact) mass is 395 g/mol. The number of rotatable bonds is 6. The average molecular weight is 396 g/mol. The van der Waals surface area contributed by atoms with Gasteiger partial charge in [-0.2, -0.15) is 0 Å². The summed E-state index contributed by atoms with van der Waals surface area (Å²) in [5.41, 5.74) is 1.25. The molecule has 0 atom stereocenters. The minimum absolute atomic E-state index is 0.0879. The molecule has 1 heterocycles. The summed E-state index contributed by atoms with van der Waals surface area (Å²) >= 11 is 1.61. The van der Waals surface area contributed by atoms with E-state index in [1.807, 2.05) is 33.1 Å². The second kappa shape index (κ2) is 9.09. The van der Waals surface area contributed by atoms with Gasteiger partial charge < -0.3 is 14.4 Å². The largest absolute Gasteiger partial charge is 0.465 e. The molecule has 0 radical (unpaired) electrons. The first-order valence-electron chi connectivity index (χ1n) is 9.81. The Kier molecular flexibility index (Phi) is 7.32. The molecule has 1 aromatic heterocycles.